The smallest absolute Gasteiger partial charge is 0.255 e. The van der Waals surface area contributed by atoms with Gasteiger partial charge >= 0.3 is 161 Å². The Morgan fingerprint density at radius 3 is 2.45 bits per heavy atom. The van der Waals surface area contributed by atoms with Crippen LogP contribution in [0.3, 0.4) is 0 Å². The van der Waals surface area contributed by atoms with Crippen LogP contribution in [0.4, 0.5) is 17.6 Å². The molecule has 0 aliphatic heterocycles. The van der Waals surface area contributed by atoms with E-state index in [1.165, 1.54) is 12.1 Å². The van der Waals surface area contributed by atoms with E-state index in [2.05, 4.69) is 5.32 Å². The Kier molecular flexibility index (Phi) is 8.32. The Morgan fingerprint density at radius 2 is 1.82 bits per heavy atom. The zero-order valence-corrected chi connectivity index (χ0v) is 20.6. The maximum absolute atomic E-state index is 14.0. The molecule has 9 heteroatoms. The molecule has 1 aliphatic rings. The predicted molar refractivity (Wildman–Crippen MR) is 124 cm³/mol. The molecule has 0 saturated heterocycles. The summed E-state index contributed by atoms with van der Waals surface area (Å²) in [5, 5.41) is -1.44. The number of rotatable bonds is 8. The second-order valence-electron chi connectivity index (χ2n) is 7.55. The van der Waals surface area contributed by atoms with Gasteiger partial charge in [-0.1, -0.05) is 0 Å². The van der Waals surface area contributed by atoms with Crippen LogP contribution >= 0.6 is 0 Å². The third-order valence-electron chi connectivity index (χ3n) is 5.22. The van der Waals surface area contributed by atoms with Gasteiger partial charge in [0.2, 0.25) is 0 Å². The van der Waals surface area contributed by atoms with E-state index < -0.39 is 36.6 Å². The van der Waals surface area contributed by atoms with Gasteiger partial charge in [-0.05, 0) is 12.1 Å². The zero-order chi connectivity index (χ0) is 24.2. The van der Waals surface area contributed by atoms with E-state index in [0.29, 0.717) is 16.0 Å². The molecule has 1 atom stereocenters. The van der Waals surface area contributed by atoms with Gasteiger partial charge in [0.05, 0.1) is 0 Å². The van der Waals surface area contributed by atoms with Crippen molar-refractivity contribution in [2.24, 2.45) is 0 Å². The normalized spacial score (nSPS) is 15.6. The molecule has 0 saturated carbocycles. The van der Waals surface area contributed by atoms with Crippen LogP contribution in [0, 0.1) is 5.82 Å². The number of amides is 1. The van der Waals surface area contributed by atoms with Gasteiger partial charge in [-0.3, -0.25) is 4.21 Å². The number of alkyl halides is 3. The predicted octanol–water partition coefficient (Wildman–Crippen LogP) is 5.43. The van der Waals surface area contributed by atoms with Crippen LogP contribution in [0.2, 0.25) is 5.32 Å². The molecule has 0 bridgehead atoms. The molecule has 0 fully saturated rings. The average Bonchev–Trinajstić information content (AvgIpc) is 2.98. The molecule has 0 radical (unpaired) electrons. The standard InChI is InChI=1S/C24H23F4NO2SSe/c1-15-20(12-16-4-7-18(8-5-16)32(2)31)19-9-6-17(25)13-22(19)21(15)14-23(30)29-10-3-11-33-24(26,27)28/h4-9,12-13H,3,10-11,14H2,1-2H3,(H,29,30)/b20-12-. The number of carbonyl (C=O) groups is 1. The van der Waals surface area contributed by atoms with E-state index in [9.17, 15) is 26.6 Å². The molecule has 3 nitrogen and oxygen atoms in total. The Bertz CT molecular complexity index is 1120. The molecule has 1 N–H and O–H groups in total. The van der Waals surface area contributed by atoms with Crippen LogP contribution in [0.1, 0.15) is 36.5 Å². The quantitative estimate of drug-likeness (QED) is 0.274. The molecule has 176 valence electrons. The van der Waals surface area contributed by atoms with Gasteiger partial charge in [-0.25, -0.2) is 0 Å². The Labute approximate surface area is 199 Å². The molecule has 1 amide bonds. The molecule has 1 aliphatic carbocycles. The van der Waals surface area contributed by atoms with Crippen LogP contribution in [-0.4, -0.2) is 42.9 Å². The van der Waals surface area contributed by atoms with Crippen LogP contribution < -0.4 is 5.32 Å². The number of carbonyl (C=O) groups excluding carboxylic acids is 1. The van der Waals surface area contributed by atoms with Crippen molar-refractivity contribution in [3.05, 3.63) is 70.5 Å². The topological polar surface area (TPSA) is 46.2 Å². The summed E-state index contributed by atoms with van der Waals surface area (Å²) < 4.78 is 62.4. The summed E-state index contributed by atoms with van der Waals surface area (Å²) in [6.07, 6.45) is 3.82. The number of fused-ring (bicyclic) bond motifs is 1. The minimum absolute atomic E-state index is 0.0117. The zero-order valence-electron chi connectivity index (χ0n) is 18.1. The molecule has 3 rings (SSSR count). The number of allylic oxidation sites excluding steroid dienone is 2. The number of hydrogen-bond donors (Lipinski definition) is 1. The minimum atomic E-state index is -4.13. The maximum atomic E-state index is 14.0. The first kappa shape index (κ1) is 25.4. The Hall–Kier alpha value is -2.22. The first-order valence-corrected chi connectivity index (χ1v) is 13.8. The molecule has 33 heavy (non-hydrogen) atoms. The minimum Gasteiger partial charge on any atom is -0.255 e. The van der Waals surface area contributed by atoms with Crippen molar-refractivity contribution < 1.29 is 26.6 Å². The van der Waals surface area contributed by atoms with E-state index >= 15 is 0 Å². The molecule has 2 aromatic carbocycles. The summed E-state index contributed by atoms with van der Waals surface area (Å²) in [5.41, 5.74) is 4.73. The van der Waals surface area contributed by atoms with Crippen molar-refractivity contribution >= 4 is 48.9 Å². The van der Waals surface area contributed by atoms with Gasteiger partial charge in [-0.2, -0.15) is 0 Å². The third-order valence-corrected chi connectivity index (χ3v) is 7.88. The van der Waals surface area contributed by atoms with Crippen molar-refractivity contribution in [2.45, 2.75) is 35.1 Å². The monoisotopic (exact) mass is 545 g/mol. The van der Waals surface area contributed by atoms with E-state index in [1.807, 2.05) is 25.1 Å². The molecule has 0 heterocycles. The van der Waals surface area contributed by atoms with Crippen molar-refractivity contribution in [2.75, 3.05) is 12.8 Å². The SMILES string of the molecule is CC1=C(CC(=O)NCCC[Se]C(F)(F)F)c2cc(F)ccc2/C1=C\c1ccc(S(C)=O)cc1. The fraction of sp³-hybridized carbons (Fsp3) is 0.292. The number of halogens is 4. The second-order valence-corrected chi connectivity index (χ2v) is 11.4. The molecular weight excluding hydrogens is 521 g/mol. The summed E-state index contributed by atoms with van der Waals surface area (Å²) in [6.45, 7) is 2.04. The Balaban J connectivity index is 1.78. The van der Waals surface area contributed by atoms with E-state index in [4.69, 9.17) is 0 Å². The number of nitrogens with one attached hydrogen (secondary N) is 1. The second kappa shape index (κ2) is 10.8. The summed E-state index contributed by atoms with van der Waals surface area (Å²) in [5.74, 6) is -0.722. The first-order valence-electron chi connectivity index (χ1n) is 10.2. The van der Waals surface area contributed by atoms with Crippen molar-refractivity contribution in [1.29, 1.82) is 0 Å². The average molecular weight is 544 g/mol. The number of benzene rings is 2. The molecule has 0 aromatic heterocycles. The summed E-state index contributed by atoms with van der Waals surface area (Å²) in [4.78, 5) is 13.2. The van der Waals surface area contributed by atoms with Crippen molar-refractivity contribution in [1.82, 2.24) is 5.32 Å². The van der Waals surface area contributed by atoms with Crippen molar-refractivity contribution in [3.63, 3.8) is 0 Å². The summed E-state index contributed by atoms with van der Waals surface area (Å²) in [7, 11) is -1.08. The van der Waals surface area contributed by atoms with E-state index in [0.717, 1.165) is 22.3 Å². The fourth-order valence-electron chi connectivity index (χ4n) is 3.61. The molecule has 0 spiro atoms. The van der Waals surface area contributed by atoms with Crippen LogP contribution in [-0.2, 0) is 15.6 Å². The summed E-state index contributed by atoms with van der Waals surface area (Å²) >= 11 is -1.44. The number of hydrogen-bond acceptors (Lipinski definition) is 2. The van der Waals surface area contributed by atoms with Crippen molar-refractivity contribution in [3.8, 4) is 0 Å². The van der Waals surface area contributed by atoms with Crippen LogP contribution in [0.15, 0.2) is 52.9 Å². The van der Waals surface area contributed by atoms with Gasteiger partial charge < -0.3 is 0 Å². The Morgan fingerprint density at radius 1 is 1.12 bits per heavy atom. The van der Waals surface area contributed by atoms with E-state index in [1.54, 1.807) is 24.5 Å². The fourth-order valence-corrected chi connectivity index (χ4v) is 5.23. The molecular formula is C24H23F4NO2SSe. The van der Waals surface area contributed by atoms with Gasteiger partial charge in [0.25, 0.3) is 0 Å². The first-order chi connectivity index (χ1) is 15.5. The van der Waals surface area contributed by atoms with Gasteiger partial charge in [-0.15, -0.1) is 0 Å². The van der Waals surface area contributed by atoms with Gasteiger partial charge in [0.15, 0.2) is 0 Å². The van der Waals surface area contributed by atoms with Gasteiger partial charge in [0, 0.05) is 22.0 Å². The van der Waals surface area contributed by atoms with Gasteiger partial charge in [0.1, 0.15) is 0 Å². The summed E-state index contributed by atoms with van der Waals surface area (Å²) in [6, 6.07) is 11.7. The third kappa shape index (κ3) is 6.88. The molecule has 1 unspecified atom stereocenters. The molecule has 2 aromatic rings. The van der Waals surface area contributed by atoms with Crippen LogP contribution in [0.25, 0.3) is 17.2 Å². The van der Waals surface area contributed by atoms with E-state index in [-0.39, 0.29) is 30.6 Å². The van der Waals surface area contributed by atoms with Crippen LogP contribution in [0.5, 0.6) is 0 Å².